The molecule has 0 spiro atoms. The van der Waals surface area contributed by atoms with Gasteiger partial charge >= 0.3 is 6.03 Å². The number of imide groups is 1. The number of piperidine rings is 1. The van der Waals surface area contributed by atoms with Crippen molar-refractivity contribution in [2.45, 2.75) is 44.2 Å². The molecule has 10 heteroatoms. The zero-order valence-electron chi connectivity index (χ0n) is 16.9. The van der Waals surface area contributed by atoms with Crippen molar-refractivity contribution < 1.29 is 9.59 Å². The zero-order valence-corrected chi connectivity index (χ0v) is 16.9. The SMILES string of the molecule is CN1CCCCC1CNc1cc(NC2CC2)n2ncc(/C=C3\NC(=O)NC3=O)c2n1. The number of amides is 3. The molecule has 1 saturated carbocycles. The molecule has 1 aliphatic carbocycles. The van der Waals surface area contributed by atoms with E-state index in [1.165, 1.54) is 19.3 Å². The summed E-state index contributed by atoms with van der Waals surface area (Å²) in [5, 5.41) is 16.2. The summed E-state index contributed by atoms with van der Waals surface area (Å²) in [4.78, 5) is 30.5. The van der Waals surface area contributed by atoms with E-state index in [9.17, 15) is 9.59 Å². The second-order valence-electron chi connectivity index (χ2n) is 8.26. The molecule has 0 bridgehead atoms. The lowest BCUT2D eigenvalue weighted by Crippen LogP contribution is -2.40. The monoisotopic (exact) mass is 410 g/mol. The first-order valence-corrected chi connectivity index (χ1v) is 10.5. The average molecular weight is 410 g/mol. The van der Waals surface area contributed by atoms with Gasteiger partial charge in [-0.05, 0) is 45.4 Å². The molecule has 0 radical (unpaired) electrons. The number of fused-ring (bicyclic) bond motifs is 1. The molecule has 1 unspecified atom stereocenters. The number of anilines is 2. The molecule has 4 N–H and O–H groups in total. The van der Waals surface area contributed by atoms with Gasteiger partial charge < -0.3 is 20.9 Å². The molecule has 4 heterocycles. The Hall–Kier alpha value is -3.14. The average Bonchev–Trinajstić information content (AvgIpc) is 3.36. The van der Waals surface area contributed by atoms with Crippen LogP contribution in [-0.4, -0.2) is 63.7 Å². The Bertz CT molecular complexity index is 1030. The van der Waals surface area contributed by atoms with Gasteiger partial charge in [-0.1, -0.05) is 6.42 Å². The Balaban J connectivity index is 1.45. The Morgan fingerprint density at radius 1 is 1.23 bits per heavy atom. The Morgan fingerprint density at radius 3 is 2.83 bits per heavy atom. The van der Waals surface area contributed by atoms with Gasteiger partial charge in [0.1, 0.15) is 17.3 Å². The molecule has 3 amide bonds. The minimum Gasteiger partial charge on any atom is -0.368 e. The normalized spacial score (nSPS) is 23.6. The number of rotatable bonds is 6. The zero-order chi connectivity index (χ0) is 20.7. The maximum atomic E-state index is 11.9. The van der Waals surface area contributed by atoms with E-state index in [1.807, 2.05) is 6.07 Å². The quantitative estimate of drug-likeness (QED) is 0.420. The fourth-order valence-electron chi connectivity index (χ4n) is 3.97. The molecule has 3 aliphatic rings. The largest absolute Gasteiger partial charge is 0.368 e. The number of likely N-dealkylation sites (tertiary alicyclic amines) is 1. The minimum absolute atomic E-state index is 0.190. The predicted octanol–water partition coefficient (Wildman–Crippen LogP) is 1.38. The highest BCUT2D eigenvalue weighted by atomic mass is 16.2. The second kappa shape index (κ2) is 7.60. The summed E-state index contributed by atoms with van der Waals surface area (Å²) in [6, 6.07) is 2.41. The smallest absolute Gasteiger partial charge is 0.326 e. The first kappa shape index (κ1) is 18.9. The van der Waals surface area contributed by atoms with Crippen molar-refractivity contribution in [2.24, 2.45) is 0 Å². The van der Waals surface area contributed by atoms with Gasteiger partial charge in [-0.25, -0.2) is 9.78 Å². The van der Waals surface area contributed by atoms with Crippen LogP contribution in [0.3, 0.4) is 0 Å². The van der Waals surface area contributed by atoms with Crippen molar-refractivity contribution in [1.82, 2.24) is 30.1 Å². The second-order valence-corrected chi connectivity index (χ2v) is 8.26. The lowest BCUT2D eigenvalue weighted by Gasteiger charge is -2.32. The number of hydrogen-bond donors (Lipinski definition) is 4. The lowest BCUT2D eigenvalue weighted by atomic mass is 10.0. The highest BCUT2D eigenvalue weighted by Crippen LogP contribution is 2.27. The molecule has 2 aromatic heterocycles. The van der Waals surface area contributed by atoms with Crippen molar-refractivity contribution in [1.29, 1.82) is 0 Å². The number of aromatic nitrogens is 3. The van der Waals surface area contributed by atoms with Gasteiger partial charge in [0, 0.05) is 30.3 Å². The standard InChI is InChI=1S/C20H26N8O2/c1-27-7-3-2-4-14(27)11-21-16-9-17(23-13-5-6-13)28-18(25-16)12(10-22-28)8-15-19(29)26-20(30)24-15/h8-10,13-14,23H,2-7,11H2,1H3,(H,21,25)(H2,24,26,29,30)/b15-8-. The van der Waals surface area contributed by atoms with Crippen LogP contribution >= 0.6 is 0 Å². The number of carbonyl (C=O) groups is 2. The fraction of sp³-hybridized carbons (Fsp3) is 0.500. The van der Waals surface area contributed by atoms with Crippen LogP contribution in [-0.2, 0) is 4.79 Å². The molecule has 5 rings (SSSR count). The van der Waals surface area contributed by atoms with Crippen LogP contribution in [0.2, 0.25) is 0 Å². The molecule has 2 aromatic rings. The third kappa shape index (κ3) is 3.82. The Kier molecular flexibility index (Phi) is 4.78. The minimum atomic E-state index is -0.522. The molecule has 30 heavy (non-hydrogen) atoms. The molecule has 0 aromatic carbocycles. The van der Waals surface area contributed by atoms with Crippen LogP contribution in [0.5, 0.6) is 0 Å². The number of likely N-dealkylation sites (N-methyl/N-ethyl adjacent to an activating group) is 1. The van der Waals surface area contributed by atoms with E-state index in [4.69, 9.17) is 4.98 Å². The van der Waals surface area contributed by atoms with E-state index in [1.54, 1.807) is 16.8 Å². The summed E-state index contributed by atoms with van der Waals surface area (Å²) in [5.41, 5.74) is 1.48. The van der Waals surface area contributed by atoms with Crippen molar-refractivity contribution >= 4 is 35.3 Å². The Labute approximate surface area is 174 Å². The first-order chi connectivity index (χ1) is 14.6. The number of carbonyl (C=O) groups excluding carboxylic acids is 2. The lowest BCUT2D eigenvalue weighted by molar-refractivity contribution is -0.115. The van der Waals surface area contributed by atoms with Crippen molar-refractivity contribution in [3.8, 4) is 0 Å². The predicted molar refractivity (Wildman–Crippen MR) is 113 cm³/mol. The van der Waals surface area contributed by atoms with E-state index in [-0.39, 0.29) is 5.70 Å². The van der Waals surface area contributed by atoms with E-state index >= 15 is 0 Å². The van der Waals surface area contributed by atoms with Crippen LogP contribution in [0.25, 0.3) is 11.7 Å². The highest BCUT2D eigenvalue weighted by Gasteiger charge is 2.25. The van der Waals surface area contributed by atoms with Crippen molar-refractivity contribution in [3.05, 3.63) is 23.5 Å². The van der Waals surface area contributed by atoms with Crippen molar-refractivity contribution in [3.63, 3.8) is 0 Å². The Morgan fingerprint density at radius 2 is 2.10 bits per heavy atom. The number of urea groups is 1. The molecule has 2 aliphatic heterocycles. The van der Waals surface area contributed by atoms with Gasteiger partial charge in [-0.2, -0.15) is 9.61 Å². The topological polar surface area (TPSA) is 116 Å². The van der Waals surface area contributed by atoms with Crippen molar-refractivity contribution in [2.75, 3.05) is 30.8 Å². The summed E-state index contributed by atoms with van der Waals surface area (Å²) in [5.74, 6) is 1.18. The van der Waals surface area contributed by atoms with Gasteiger partial charge in [-0.15, -0.1) is 0 Å². The van der Waals surface area contributed by atoms with E-state index in [0.717, 1.165) is 37.6 Å². The molecule has 3 fully saturated rings. The maximum Gasteiger partial charge on any atom is 0.326 e. The molecular weight excluding hydrogens is 384 g/mol. The van der Waals surface area contributed by atoms with E-state index in [0.29, 0.717) is 23.3 Å². The molecular formula is C20H26N8O2. The summed E-state index contributed by atoms with van der Waals surface area (Å²) < 4.78 is 1.75. The maximum absolute atomic E-state index is 11.9. The highest BCUT2D eigenvalue weighted by molar-refractivity contribution is 6.14. The van der Waals surface area contributed by atoms with Gasteiger partial charge in [0.2, 0.25) is 0 Å². The molecule has 10 nitrogen and oxygen atoms in total. The van der Waals surface area contributed by atoms with Crippen LogP contribution in [0.15, 0.2) is 18.0 Å². The third-order valence-corrected chi connectivity index (χ3v) is 5.89. The third-order valence-electron chi connectivity index (χ3n) is 5.89. The van der Waals surface area contributed by atoms with E-state index < -0.39 is 11.9 Å². The van der Waals surface area contributed by atoms with Gasteiger partial charge in [0.05, 0.1) is 6.20 Å². The molecule has 158 valence electrons. The summed E-state index contributed by atoms with van der Waals surface area (Å²) >= 11 is 0. The van der Waals surface area contributed by atoms with Crippen LogP contribution in [0.1, 0.15) is 37.7 Å². The molecule has 1 atom stereocenters. The van der Waals surface area contributed by atoms with Gasteiger partial charge in [0.25, 0.3) is 5.91 Å². The first-order valence-electron chi connectivity index (χ1n) is 10.5. The summed E-state index contributed by atoms with van der Waals surface area (Å²) in [7, 11) is 2.17. The number of hydrogen-bond acceptors (Lipinski definition) is 7. The number of nitrogens with one attached hydrogen (secondary N) is 4. The van der Waals surface area contributed by atoms with Crippen LogP contribution < -0.4 is 21.3 Å². The fourth-order valence-corrected chi connectivity index (χ4v) is 3.97. The van der Waals surface area contributed by atoms with Gasteiger partial charge in [0.15, 0.2) is 5.65 Å². The van der Waals surface area contributed by atoms with Crippen LogP contribution in [0.4, 0.5) is 16.4 Å². The van der Waals surface area contributed by atoms with E-state index in [2.05, 4.69) is 38.3 Å². The number of nitrogens with zero attached hydrogens (tertiary/aromatic N) is 4. The molecule has 2 saturated heterocycles. The van der Waals surface area contributed by atoms with Gasteiger partial charge in [-0.3, -0.25) is 10.1 Å². The summed E-state index contributed by atoms with van der Waals surface area (Å²) in [6.45, 7) is 1.95. The van der Waals surface area contributed by atoms with Crippen LogP contribution in [0, 0.1) is 0 Å². The summed E-state index contributed by atoms with van der Waals surface area (Å²) in [6.07, 6.45) is 9.24.